The lowest BCUT2D eigenvalue weighted by molar-refractivity contribution is 0.0494. The second-order valence-corrected chi connectivity index (χ2v) is 7.89. The van der Waals surface area contributed by atoms with Crippen LogP contribution in [0.5, 0.6) is 0 Å². The smallest absolute Gasteiger partial charge is 0.350 e. The van der Waals surface area contributed by atoms with E-state index in [2.05, 4.69) is 0 Å². The third-order valence-corrected chi connectivity index (χ3v) is 5.56. The summed E-state index contributed by atoms with van der Waals surface area (Å²) >= 11 is 11.9. The highest BCUT2D eigenvalue weighted by molar-refractivity contribution is 7.89. The van der Waals surface area contributed by atoms with Gasteiger partial charge in [-0.15, -0.1) is 0 Å². The highest BCUT2D eigenvalue weighted by atomic mass is 35.5. The predicted molar refractivity (Wildman–Crippen MR) is 85.7 cm³/mol. The largest absolute Gasteiger partial charge is 0.376 e. The maximum atomic E-state index is 12.4. The van der Waals surface area contributed by atoms with Crippen molar-refractivity contribution >= 4 is 33.2 Å². The van der Waals surface area contributed by atoms with Crippen molar-refractivity contribution in [2.24, 2.45) is 0 Å². The molecular weight excluding hydrogens is 371 g/mol. The van der Waals surface area contributed by atoms with Crippen molar-refractivity contribution in [3.8, 4) is 0 Å². The molecule has 9 heteroatoms. The summed E-state index contributed by atoms with van der Waals surface area (Å²) in [6, 6.07) is 5.16. The van der Waals surface area contributed by atoms with Gasteiger partial charge in [0.1, 0.15) is 0 Å². The zero-order valence-corrected chi connectivity index (χ0v) is 14.5. The van der Waals surface area contributed by atoms with Gasteiger partial charge in [-0.05, 0) is 30.5 Å². The number of hydrogen-bond acceptors (Lipinski definition) is 3. The first kappa shape index (κ1) is 18.9. The van der Waals surface area contributed by atoms with Gasteiger partial charge >= 0.3 is 5.76 Å². The molecule has 1 aromatic rings. The molecule has 0 saturated carbocycles. The van der Waals surface area contributed by atoms with E-state index in [1.807, 2.05) is 4.72 Å². The molecule has 1 fully saturated rings. The summed E-state index contributed by atoms with van der Waals surface area (Å²) in [6.45, 7) is 0.247. The molecule has 0 unspecified atom stereocenters. The molecule has 23 heavy (non-hydrogen) atoms. The van der Waals surface area contributed by atoms with Crippen molar-refractivity contribution in [1.29, 1.82) is 0 Å². The van der Waals surface area contributed by atoms with Crippen LogP contribution in [0.3, 0.4) is 0 Å². The van der Waals surface area contributed by atoms with E-state index in [0.29, 0.717) is 16.7 Å². The van der Waals surface area contributed by atoms with Crippen LogP contribution in [0.2, 0.25) is 10.0 Å². The summed E-state index contributed by atoms with van der Waals surface area (Å²) in [6.07, 6.45) is 1.93. The molecule has 2 atom stereocenters. The van der Waals surface area contributed by atoms with Gasteiger partial charge < -0.3 is 4.74 Å². The molecule has 1 saturated heterocycles. The average molecular weight is 388 g/mol. The van der Waals surface area contributed by atoms with E-state index in [0.717, 1.165) is 24.8 Å². The average Bonchev–Trinajstić information content (AvgIpc) is 2.73. The van der Waals surface area contributed by atoms with E-state index in [-0.39, 0.29) is 12.5 Å². The molecule has 0 aromatic heterocycles. The van der Waals surface area contributed by atoms with Crippen LogP contribution in [0, 0.1) is 0 Å². The lowest BCUT2D eigenvalue weighted by atomic mass is 9.89. The molecule has 1 heterocycles. The molecule has 0 amide bonds. The molecule has 1 aliphatic rings. The molecule has 1 aromatic carbocycles. The minimum Gasteiger partial charge on any atom is -0.376 e. The van der Waals surface area contributed by atoms with Crippen molar-refractivity contribution in [3.05, 3.63) is 33.8 Å². The Labute approximate surface area is 144 Å². The summed E-state index contributed by atoms with van der Waals surface area (Å²) in [5, 5.41) is 0.806. The number of sulfonamides is 1. The summed E-state index contributed by atoms with van der Waals surface area (Å²) in [5.74, 6) is -3.61. The van der Waals surface area contributed by atoms with Crippen molar-refractivity contribution in [2.45, 2.75) is 37.0 Å². The third kappa shape index (κ3) is 5.00. The van der Waals surface area contributed by atoms with E-state index >= 15 is 0 Å². The number of nitrogens with one attached hydrogen (secondary N) is 1. The molecule has 1 aliphatic heterocycles. The van der Waals surface area contributed by atoms with Crippen LogP contribution in [-0.4, -0.2) is 33.4 Å². The molecule has 4 nitrogen and oxygen atoms in total. The molecular formula is C14H17Cl2F2NO3S. The van der Waals surface area contributed by atoms with Crippen LogP contribution in [0.1, 0.15) is 30.7 Å². The minimum atomic E-state index is -4.64. The van der Waals surface area contributed by atoms with Gasteiger partial charge in [0.2, 0.25) is 0 Å². The second-order valence-electron chi connectivity index (χ2n) is 5.34. The fourth-order valence-electron chi connectivity index (χ4n) is 2.59. The highest BCUT2D eigenvalue weighted by Gasteiger charge is 2.30. The normalized spacial score (nSPS) is 23.0. The van der Waals surface area contributed by atoms with Crippen molar-refractivity contribution < 1.29 is 21.9 Å². The molecule has 130 valence electrons. The maximum Gasteiger partial charge on any atom is 0.350 e. The van der Waals surface area contributed by atoms with Gasteiger partial charge in [-0.1, -0.05) is 35.7 Å². The second kappa shape index (κ2) is 8.07. The van der Waals surface area contributed by atoms with Crippen LogP contribution < -0.4 is 4.72 Å². The fraction of sp³-hybridized carbons (Fsp3) is 0.571. The molecule has 0 spiro atoms. The van der Waals surface area contributed by atoms with Crippen LogP contribution >= 0.6 is 23.2 Å². The van der Waals surface area contributed by atoms with Crippen molar-refractivity contribution in [3.63, 3.8) is 0 Å². The van der Waals surface area contributed by atoms with E-state index in [1.165, 1.54) is 0 Å². The Balaban J connectivity index is 2.18. The van der Waals surface area contributed by atoms with Crippen LogP contribution in [0.15, 0.2) is 18.2 Å². The van der Waals surface area contributed by atoms with Gasteiger partial charge in [-0.2, -0.15) is 8.78 Å². The van der Waals surface area contributed by atoms with E-state index < -0.39 is 21.9 Å². The molecule has 1 N–H and O–H groups in total. The highest BCUT2D eigenvalue weighted by Crippen LogP contribution is 2.33. The first-order valence-electron chi connectivity index (χ1n) is 7.14. The SMILES string of the molecule is O=S(=O)(NC[C@H]1OCCCC[C@H]1c1ccc(Cl)c(Cl)c1)C(F)F. The van der Waals surface area contributed by atoms with Gasteiger partial charge in [0.15, 0.2) is 0 Å². The Kier molecular flexibility index (Phi) is 6.62. The number of rotatable bonds is 5. The lowest BCUT2D eigenvalue weighted by Crippen LogP contribution is -2.39. The Morgan fingerprint density at radius 2 is 2.00 bits per heavy atom. The molecule has 0 bridgehead atoms. The third-order valence-electron chi connectivity index (χ3n) is 3.78. The number of benzene rings is 1. The number of halogens is 4. The summed E-state index contributed by atoms with van der Waals surface area (Å²) in [5.41, 5.74) is 0.850. The first-order chi connectivity index (χ1) is 10.8. The van der Waals surface area contributed by atoms with Crippen LogP contribution in [-0.2, 0) is 14.8 Å². The Morgan fingerprint density at radius 3 is 2.65 bits per heavy atom. The minimum absolute atomic E-state index is 0.146. The summed E-state index contributed by atoms with van der Waals surface area (Å²) in [7, 11) is -4.64. The zero-order chi connectivity index (χ0) is 17.0. The number of hydrogen-bond donors (Lipinski definition) is 1. The summed E-state index contributed by atoms with van der Waals surface area (Å²) < 4.78 is 55.0. The predicted octanol–water partition coefficient (Wildman–Crippen LogP) is 3.79. The van der Waals surface area contributed by atoms with Gasteiger partial charge in [-0.25, -0.2) is 13.1 Å². The summed E-state index contributed by atoms with van der Waals surface area (Å²) in [4.78, 5) is 0. The number of ether oxygens (including phenoxy) is 1. The van der Waals surface area contributed by atoms with Gasteiger partial charge in [0.05, 0.1) is 16.1 Å². The standard InChI is InChI=1S/C14H17Cl2F2NO3S/c15-11-5-4-9(7-12(11)16)10-3-1-2-6-22-13(10)8-19-23(20,21)14(17)18/h4-5,7,10,13-14,19H,1-3,6,8H2/t10-,13+/m0/s1. The Hall–Kier alpha value is -0.470. The van der Waals surface area contributed by atoms with Crippen molar-refractivity contribution in [1.82, 2.24) is 4.72 Å². The number of alkyl halides is 2. The van der Waals surface area contributed by atoms with E-state index in [4.69, 9.17) is 27.9 Å². The van der Waals surface area contributed by atoms with E-state index in [9.17, 15) is 17.2 Å². The maximum absolute atomic E-state index is 12.4. The quantitative estimate of drug-likeness (QED) is 0.835. The van der Waals surface area contributed by atoms with Gasteiger partial charge in [-0.3, -0.25) is 0 Å². The van der Waals surface area contributed by atoms with E-state index in [1.54, 1.807) is 18.2 Å². The van der Waals surface area contributed by atoms with Crippen LogP contribution in [0.4, 0.5) is 8.78 Å². The molecule has 0 aliphatic carbocycles. The first-order valence-corrected chi connectivity index (χ1v) is 9.44. The topological polar surface area (TPSA) is 55.4 Å². The monoisotopic (exact) mass is 387 g/mol. The molecule has 2 rings (SSSR count). The van der Waals surface area contributed by atoms with Crippen LogP contribution in [0.25, 0.3) is 0 Å². The fourth-order valence-corrected chi connectivity index (χ4v) is 3.42. The molecule has 0 radical (unpaired) electrons. The Morgan fingerprint density at radius 1 is 1.26 bits per heavy atom. The zero-order valence-electron chi connectivity index (χ0n) is 12.1. The lowest BCUT2D eigenvalue weighted by Gasteiger charge is -2.26. The van der Waals surface area contributed by atoms with Gasteiger partial charge in [0, 0.05) is 19.1 Å². The van der Waals surface area contributed by atoms with Crippen molar-refractivity contribution in [2.75, 3.05) is 13.2 Å². The Bertz CT molecular complexity index is 643. The van der Waals surface area contributed by atoms with Gasteiger partial charge in [0.25, 0.3) is 10.0 Å².